The maximum absolute atomic E-state index is 5.88. The van der Waals surface area contributed by atoms with Crippen LogP contribution in [0.15, 0.2) is 0 Å². The third kappa shape index (κ3) is 2.77. The summed E-state index contributed by atoms with van der Waals surface area (Å²) in [7, 11) is 4.21. The van der Waals surface area contributed by atoms with Crippen molar-refractivity contribution in [2.45, 2.75) is 12.5 Å². The molecule has 0 bridgehead atoms. The SMILES string of the molecule is CN(C)CCC1CNCC1N. The van der Waals surface area contributed by atoms with Crippen molar-refractivity contribution in [3.8, 4) is 0 Å². The lowest BCUT2D eigenvalue weighted by molar-refractivity contribution is 0.347. The predicted molar refractivity (Wildman–Crippen MR) is 47.5 cm³/mol. The van der Waals surface area contributed by atoms with Gasteiger partial charge in [0.25, 0.3) is 0 Å². The van der Waals surface area contributed by atoms with Gasteiger partial charge < -0.3 is 16.0 Å². The molecule has 0 aromatic heterocycles. The molecule has 0 spiro atoms. The van der Waals surface area contributed by atoms with Crippen molar-refractivity contribution < 1.29 is 0 Å². The quantitative estimate of drug-likeness (QED) is 0.579. The topological polar surface area (TPSA) is 41.3 Å². The van der Waals surface area contributed by atoms with Gasteiger partial charge in [-0.05, 0) is 39.5 Å². The monoisotopic (exact) mass is 157 g/mol. The van der Waals surface area contributed by atoms with Crippen LogP contribution in [0.5, 0.6) is 0 Å². The summed E-state index contributed by atoms with van der Waals surface area (Å²) in [6.45, 7) is 3.26. The Kier molecular flexibility index (Phi) is 3.30. The Bertz CT molecular complexity index is 114. The van der Waals surface area contributed by atoms with E-state index in [0.717, 1.165) is 19.6 Å². The van der Waals surface area contributed by atoms with Gasteiger partial charge in [0, 0.05) is 12.6 Å². The Morgan fingerprint density at radius 2 is 2.18 bits per heavy atom. The van der Waals surface area contributed by atoms with E-state index in [1.165, 1.54) is 6.42 Å². The first-order valence-electron chi connectivity index (χ1n) is 4.31. The molecule has 0 saturated carbocycles. The van der Waals surface area contributed by atoms with Gasteiger partial charge in [-0.1, -0.05) is 0 Å². The molecule has 3 N–H and O–H groups in total. The minimum Gasteiger partial charge on any atom is -0.326 e. The van der Waals surface area contributed by atoms with Crippen LogP contribution < -0.4 is 11.1 Å². The molecule has 0 amide bonds. The zero-order valence-electron chi connectivity index (χ0n) is 7.51. The number of nitrogens with one attached hydrogen (secondary N) is 1. The number of nitrogens with two attached hydrogens (primary N) is 1. The van der Waals surface area contributed by atoms with Crippen LogP contribution in [0.4, 0.5) is 0 Å². The molecule has 0 aromatic rings. The van der Waals surface area contributed by atoms with Gasteiger partial charge in [-0.25, -0.2) is 0 Å². The second-order valence-corrected chi connectivity index (χ2v) is 3.67. The number of rotatable bonds is 3. The van der Waals surface area contributed by atoms with Gasteiger partial charge >= 0.3 is 0 Å². The maximum atomic E-state index is 5.88. The van der Waals surface area contributed by atoms with Crippen molar-refractivity contribution in [2.75, 3.05) is 33.7 Å². The van der Waals surface area contributed by atoms with Crippen LogP contribution in [0.25, 0.3) is 0 Å². The van der Waals surface area contributed by atoms with E-state index in [1.807, 2.05) is 0 Å². The minimum absolute atomic E-state index is 0.384. The van der Waals surface area contributed by atoms with E-state index in [1.54, 1.807) is 0 Å². The predicted octanol–water partition coefficient (Wildman–Crippen LogP) is -0.515. The lowest BCUT2D eigenvalue weighted by atomic mass is 10.0. The zero-order chi connectivity index (χ0) is 8.27. The Balaban J connectivity index is 2.15. The molecule has 1 aliphatic rings. The fourth-order valence-corrected chi connectivity index (χ4v) is 1.49. The molecule has 11 heavy (non-hydrogen) atoms. The normalized spacial score (nSPS) is 31.6. The van der Waals surface area contributed by atoms with E-state index >= 15 is 0 Å². The zero-order valence-corrected chi connectivity index (χ0v) is 7.51. The van der Waals surface area contributed by atoms with Gasteiger partial charge in [-0.3, -0.25) is 0 Å². The molecule has 3 nitrogen and oxygen atoms in total. The first kappa shape index (κ1) is 8.97. The lowest BCUT2D eigenvalue weighted by Crippen LogP contribution is -2.31. The summed E-state index contributed by atoms with van der Waals surface area (Å²) in [4.78, 5) is 2.21. The molecule has 2 unspecified atom stereocenters. The third-order valence-corrected chi connectivity index (χ3v) is 2.34. The summed E-state index contributed by atoms with van der Waals surface area (Å²) in [5, 5.41) is 3.30. The molecule has 1 fully saturated rings. The van der Waals surface area contributed by atoms with Crippen molar-refractivity contribution in [3.63, 3.8) is 0 Å². The summed E-state index contributed by atoms with van der Waals surface area (Å²) in [6, 6.07) is 0.384. The van der Waals surface area contributed by atoms with Crippen molar-refractivity contribution >= 4 is 0 Å². The van der Waals surface area contributed by atoms with E-state index in [-0.39, 0.29) is 0 Å². The molecule has 1 rings (SSSR count). The maximum Gasteiger partial charge on any atom is 0.0206 e. The van der Waals surface area contributed by atoms with Crippen LogP contribution in [-0.2, 0) is 0 Å². The van der Waals surface area contributed by atoms with E-state index in [2.05, 4.69) is 24.3 Å². The minimum atomic E-state index is 0.384. The summed E-state index contributed by atoms with van der Waals surface area (Å²) in [6.07, 6.45) is 1.22. The largest absolute Gasteiger partial charge is 0.326 e. The molecular weight excluding hydrogens is 138 g/mol. The lowest BCUT2D eigenvalue weighted by Gasteiger charge is -2.16. The Morgan fingerprint density at radius 3 is 2.64 bits per heavy atom. The highest BCUT2D eigenvalue weighted by atomic mass is 15.1. The summed E-state index contributed by atoms with van der Waals surface area (Å²) in [5.41, 5.74) is 5.88. The van der Waals surface area contributed by atoms with Crippen LogP contribution >= 0.6 is 0 Å². The van der Waals surface area contributed by atoms with Gasteiger partial charge in [0.1, 0.15) is 0 Å². The van der Waals surface area contributed by atoms with Gasteiger partial charge in [-0.2, -0.15) is 0 Å². The number of hydrogen-bond acceptors (Lipinski definition) is 3. The van der Waals surface area contributed by atoms with Crippen molar-refractivity contribution in [2.24, 2.45) is 11.7 Å². The van der Waals surface area contributed by atoms with Gasteiger partial charge in [-0.15, -0.1) is 0 Å². The molecule has 1 saturated heterocycles. The highest BCUT2D eigenvalue weighted by Crippen LogP contribution is 2.10. The van der Waals surface area contributed by atoms with Crippen LogP contribution in [0.3, 0.4) is 0 Å². The molecule has 0 radical (unpaired) electrons. The molecule has 2 atom stereocenters. The Hall–Kier alpha value is -0.120. The average Bonchev–Trinajstić information content (AvgIpc) is 2.31. The number of hydrogen-bond donors (Lipinski definition) is 2. The highest BCUT2D eigenvalue weighted by molar-refractivity contribution is 4.83. The summed E-state index contributed by atoms with van der Waals surface area (Å²) in [5.74, 6) is 0.692. The fourth-order valence-electron chi connectivity index (χ4n) is 1.49. The average molecular weight is 157 g/mol. The van der Waals surface area contributed by atoms with Crippen molar-refractivity contribution in [1.29, 1.82) is 0 Å². The molecule has 1 heterocycles. The molecule has 0 aromatic carbocycles. The fraction of sp³-hybridized carbons (Fsp3) is 1.00. The molecule has 3 heteroatoms. The second kappa shape index (κ2) is 4.04. The van der Waals surface area contributed by atoms with E-state index < -0.39 is 0 Å². The smallest absolute Gasteiger partial charge is 0.0206 e. The molecule has 1 aliphatic heterocycles. The van der Waals surface area contributed by atoms with Crippen molar-refractivity contribution in [3.05, 3.63) is 0 Å². The Labute approximate surface area is 68.9 Å². The number of nitrogens with zero attached hydrogens (tertiary/aromatic N) is 1. The molecule has 0 aliphatic carbocycles. The Morgan fingerprint density at radius 1 is 1.45 bits per heavy atom. The highest BCUT2D eigenvalue weighted by Gasteiger charge is 2.22. The molecule has 66 valence electrons. The van der Waals surface area contributed by atoms with Gasteiger partial charge in [0.15, 0.2) is 0 Å². The van der Waals surface area contributed by atoms with Crippen LogP contribution in [-0.4, -0.2) is 44.7 Å². The van der Waals surface area contributed by atoms with Crippen molar-refractivity contribution in [1.82, 2.24) is 10.2 Å². The van der Waals surface area contributed by atoms with Crippen LogP contribution in [0.1, 0.15) is 6.42 Å². The third-order valence-electron chi connectivity index (χ3n) is 2.34. The second-order valence-electron chi connectivity index (χ2n) is 3.67. The van der Waals surface area contributed by atoms with E-state index in [9.17, 15) is 0 Å². The first-order chi connectivity index (χ1) is 5.20. The summed E-state index contributed by atoms with van der Waals surface area (Å²) < 4.78 is 0. The summed E-state index contributed by atoms with van der Waals surface area (Å²) >= 11 is 0. The first-order valence-corrected chi connectivity index (χ1v) is 4.31. The van der Waals surface area contributed by atoms with Crippen LogP contribution in [0.2, 0.25) is 0 Å². The van der Waals surface area contributed by atoms with E-state index in [4.69, 9.17) is 5.73 Å². The van der Waals surface area contributed by atoms with Gasteiger partial charge in [0.05, 0.1) is 0 Å². The van der Waals surface area contributed by atoms with E-state index in [0.29, 0.717) is 12.0 Å². The van der Waals surface area contributed by atoms with Crippen LogP contribution in [0, 0.1) is 5.92 Å². The molecular formula is C8H19N3. The van der Waals surface area contributed by atoms with Gasteiger partial charge in [0.2, 0.25) is 0 Å². The standard InChI is InChI=1S/C8H19N3/c1-11(2)4-3-7-5-10-6-8(7)9/h7-8,10H,3-6,9H2,1-2H3.